The lowest BCUT2D eigenvalue weighted by Gasteiger charge is -2.34. The molecule has 1 aliphatic rings. The standard InChI is InChI=1S/C16H24N2O2.ClH/c1-4-18(16(19)12(2)14-9-17-10-14)11-13-5-7-15(20-3)8-6-13;/h5-8,12,14,17H,4,9-11H2,1-3H3;1H. The van der Waals surface area contributed by atoms with E-state index in [4.69, 9.17) is 4.74 Å². The number of ether oxygens (including phenoxy) is 1. The van der Waals surface area contributed by atoms with Crippen molar-refractivity contribution in [2.45, 2.75) is 20.4 Å². The van der Waals surface area contributed by atoms with Gasteiger partial charge < -0.3 is 15.0 Å². The Kier molecular flexibility index (Phi) is 6.99. The third-order valence-corrected chi connectivity index (χ3v) is 4.14. The zero-order chi connectivity index (χ0) is 14.5. The van der Waals surface area contributed by atoms with Crippen LogP contribution in [0.1, 0.15) is 19.4 Å². The van der Waals surface area contributed by atoms with E-state index in [0.29, 0.717) is 12.5 Å². The molecule has 1 aromatic carbocycles. The zero-order valence-corrected chi connectivity index (χ0v) is 13.8. The fraction of sp³-hybridized carbons (Fsp3) is 0.562. The fourth-order valence-corrected chi connectivity index (χ4v) is 2.45. The number of benzene rings is 1. The maximum atomic E-state index is 12.5. The van der Waals surface area contributed by atoms with E-state index in [0.717, 1.165) is 30.9 Å². The van der Waals surface area contributed by atoms with Crippen molar-refractivity contribution >= 4 is 18.3 Å². The Bertz CT molecular complexity index is 446. The summed E-state index contributed by atoms with van der Waals surface area (Å²) in [5.74, 6) is 1.70. The van der Waals surface area contributed by atoms with Crippen LogP contribution in [0.4, 0.5) is 0 Å². The van der Waals surface area contributed by atoms with Crippen LogP contribution in [0.25, 0.3) is 0 Å². The van der Waals surface area contributed by atoms with Gasteiger partial charge in [-0.2, -0.15) is 0 Å². The van der Waals surface area contributed by atoms with E-state index in [9.17, 15) is 4.79 Å². The van der Waals surface area contributed by atoms with Crippen LogP contribution >= 0.6 is 12.4 Å². The maximum absolute atomic E-state index is 12.5. The van der Waals surface area contributed by atoms with Gasteiger partial charge in [0.15, 0.2) is 0 Å². The van der Waals surface area contributed by atoms with Crippen LogP contribution in [0.3, 0.4) is 0 Å². The maximum Gasteiger partial charge on any atom is 0.226 e. The molecule has 1 fully saturated rings. The van der Waals surface area contributed by atoms with Crippen LogP contribution in [-0.2, 0) is 11.3 Å². The van der Waals surface area contributed by atoms with Crippen molar-refractivity contribution in [1.82, 2.24) is 10.2 Å². The summed E-state index contributed by atoms with van der Waals surface area (Å²) < 4.78 is 5.15. The minimum atomic E-state index is 0. The summed E-state index contributed by atoms with van der Waals surface area (Å²) in [5, 5.41) is 3.23. The number of nitrogens with one attached hydrogen (secondary N) is 1. The fourth-order valence-electron chi connectivity index (χ4n) is 2.45. The summed E-state index contributed by atoms with van der Waals surface area (Å²) >= 11 is 0. The van der Waals surface area contributed by atoms with E-state index in [1.807, 2.05) is 43.0 Å². The Morgan fingerprint density at radius 2 is 2.00 bits per heavy atom. The van der Waals surface area contributed by atoms with Gasteiger partial charge in [-0.1, -0.05) is 19.1 Å². The molecule has 0 aliphatic carbocycles. The van der Waals surface area contributed by atoms with Crippen LogP contribution in [0.15, 0.2) is 24.3 Å². The smallest absolute Gasteiger partial charge is 0.226 e. The summed E-state index contributed by atoms with van der Waals surface area (Å²) in [5.41, 5.74) is 1.14. The molecule has 0 aromatic heterocycles. The first kappa shape index (κ1) is 17.8. The molecule has 1 N–H and O–H groups in total. The Balaban J connectivity index is 0.00000220. The van der Waals surface area contributed by atoms with Crippen molar-refractivity contribution in [3.63, 3.8) is 0 Å². The first-order valence-corrected chi connectivity index (χ1v) is 7.28. The molecule has 1 aliphatic heterocycles. The number of carbonyl (C=O) groups is 1. The molecule has 1 atom stereocenters. The number of carbonyl (C=O) groups excluding carboxylic acids is 1. The largest absolute Gasteiger partial charge is 0.497 e. The van der Waals surface area contributed by atoms with Gasteiger partial charge in [0.1, 0.15) is 5.75 Å². The minimum Gasteiger partial charge on any atom is -0.497 e. The summed E-state index contributed by atoms with van der Waals surface area (Å²) in [4.78, 5) is 14.4. The summed E-state index contributed by atoms with van der Waals surface area (Å²) in [6.07, 6.45) is 0. The number of methoxy groups -OCH3 is 1. The van der Waals surface area contributed by atoms with Crippen molar-refractivity contribution in [2.75, 3.05) is 26.7 Å². The van der Waals surface area contributed by atoms with Crippen molar-refractivity contribution in [3.05, 3.63) is 29.8 Å². The molecule has 0 radical (unpaired) electrons. The first-order chi connectivity index (χ1) is 9.65. The molecule has 5 heteroatoms. The number of nitrogens with zero attached hydrogens (tertiary/aromatic N) is 1. The van der Waals surface area contributed by atoms with Crippen LogP contribution in [0.5, 0.6) is 5.75 Å². The van der Waals surface area contributed by atoms with E-state index in [2.05, 4.69) is 5.32 Å². The molecule has 1 saturated heterocycles. The molecular weight excluding hydrogens is 288 g/mol. The molecule has 0 saturated carbocycles. The number of halogens is 1. The van der Waals surface area contributed by atoms with Crippen molar-refractivity contribution in [3.8, 4) is 5.75 Å². The van der Waals surface area contributed by atoms with E-state index in [1.54, 1.807) is 7.11 Å². The molecule has 1 heterocycles. The van der Waals surface area contributed by atoms with Gasteiger partial charge in [-0.15, -0.1) is 12.4 Å². The lowest BCUT2D eigenvalue weighted by Crippen LogP contribution is -2.50. The molecule has 1 amide bonds. The van der Waals surface area contributed by atoms with Crippen LogP contribution in [0, 0.1) is 11.8 Å². The SMILES string of the molecule is CCN(Cc1ccc(OC)cc1)C(=O)C(C)C1CNC1.Cl. The molecule has 21 heavy (non-hydrogen) atoms. The van der Waals surface area contributed by atoms with Gasteiger partial charge in [0, 0.05) is 19.0 Å². The molecule has 118 valence electrons. The Labute approximate surface area is 133 Å². The van der Waals surface area contributed by atoms with Crippen LogP contribution in [0.2, 0.25) is 0 Å². The van der Waals surface area contributed by atoms with Gasteiger partial charge in [-0.05, 0) is 43.6 Å². The summed E-state index contributed by atoms with van der Waals surface area (Å²) in [6.45, 7) is 7.43. The molecule has 1 aromatic rings. The number of hydrogen-bond donors (Lipinski definition) is 1. The molecule has 0 spiro atoms. The van der Waals surface area contributed by atoms with Gasteiger partial charge in [-0.25, -0.2) is 0 Å². The summed E-state index contributed by atoms with van der Waals surface area (Å²) in [6, 6.07) is 7.91. The molecule has 4 nitrogen and oxygen atoms in total. The average molecular weight is 313 g/mol. The molecule has 2 rings (SSSR count). The number of rotatable bonds is 6. The van der Waals surface area contributed by atoms with E-state index in [-0.39, 0.29) is 24.2 Å². The molecule has 1 unspecified atom stereocenters. The van der Waals surface area contributed by atoms with Gasteiger partial charge in [0.2, 0.25) is 5.91 Å². The average Bonchev–Trinajstić information content (AvgIpc) is 2.42. The third-order valence-electron chi connectivity index (χ3n) is 4.14. The highest BCUT2D eigenvalue weighted by Crippen LogP contribution is 2.20. The lowest BCUT2D eigenvalue weighted by molar-refractivity contribution is -0.137. The Hall–Kier alpha value is -1.26. The Morgan fingerprint density at radius 3 is 2.43 bits per heavy atom. The molecule has 0 bridgehead atoms. The lowest BCUT2D eigenvalue weighted by atomic mass is 9.88. The van der Waals surface area contributed by atoms with Crippen LogP contribution < -0.4 is 10.1 Å². The number of amides is 1. The van der Waals surface area contributed by atoms with Crippen LogP contribution in [-0.4, -0.2) is 37.6 Å². The van der Waals surface area contributed by atoms with Gasteiger partial charge in [0.25, 0.3) is 0 Å². The predicted octanol–water partition coefficient (Wildman–Crippen LogP) is 2.32. The molecular formula is C16H25ClN2O2. The van der Waals surface area contributed by atoms with Crippen molar-refractivity contribution < 1.29 is 9.53 Å². The van der Waals surface area contributed by atoms with Crippen molar-refractivity contribution in [2.24, 2.45) is 11.8 Å². The highest BCUT2D eigenvalue weighted by atomic mass is 35.5. The quantitative estimate of drug-likeness (QED) is 0.876. The van der Waals surface area contributed by atoms with Gasteiger partial charge in [0.05, 0.1) is 7.11 Å². The second-order valence-electron chi connectivity index (χ2n) is 5.41. The Morgan fingerprint density at radius 1 is 1.38 bits per heavy atom. The summed E-state index contributed by atoms with van der Waals surface area (Å²) in [7, 11) is 1.66. The van der Waals surface area contributed by atoms with Crippen molar-refractivity contribution in [1.29, 1.82) is 0 Å². The zero-order valence-electron chi connectivity index (χ0n) is 13.0. The first-order valence-electron chi connectivity index (χ1n) is 7.28. The van der Waals surface area contributed by atoms with Gasteiger partial charge >= 0.3 is 0 Å². The van der Waals surface area contributed by atoms with E-state index >= 15 is 0 Å². The monoisotopic (exact) mass is 312 g/mol. The third kappa shape index (κ3) is 4.35. The second kappa shape index (κ2) is 8.25. The highest BCUT2D eigenvalue weighted by molar-refractivity contribution is 5.85. The predicted molar refractivity (Wildman–Crippen MR) is 86.9 cm³/mol. The normalized spacial score (nSPS) is 15.6. The second-order valence-corrected chi connectivity index (χ2v) is 5.41. The minimum absolute atomic E-state index is 0. The van der Waals surface area contributed by atoms with E-state index in [1.165, 1.54) is 0 Å². The van der Waals surface area contributed by atoms with E-state index < -0.39 is 0 Å². The number of hydrogen-bond acceptors (Lipinski definition) is 3. The highest BCUT2D eigenvalue weighted by Gasteiger charge is 2.31. The van der Waals surface area contributed by atoms with Gasteiger partial charge in [-0.3, -0.25) is 4.79 Å². The topological polar surface area (TPSA) is 41.6 Å².